The molecule has 1 unspecified atom stereocenters. The van der Waals surface area contributed by atoms with Crippen molar-refractivity contribution in [3.8, 4) is 0 Å². The van der Waals surface area contributed by atoms with E-state index in [0.717, 1.165) is 13.0 Å². The summed E-state index contributed by atoms with van der Waals surface area (Å²) in [5.74, 6) is 0.916. The highest BCUT2D eigenvalue weighted by Gasteiger charge is 2.32. The van der Waals surface area contributed by atoms with Crippen molar-refractivity contribution in [3.05, 3.63) is 0 Å². The number of hydrogen-bond acceptors (Lipinski definition) is 3. The summed E-state index contributed by atoms with van der Waals surface area (Å²) in [5.41, 5.74) is 0. The van der Waals surface area contributed by atoms with Crippen molar-refractivity contribution in [3.63, 3.8) is 0 Å². The Morgan fingerprint density at radius 3 is 2.46 bits per heavy atom. The van der Waals surface area contributed by atoms with Crippen LogP contribution in [0.3, 0.4) is 0 Å². The summed E-state index contributed by atoms with van der Waals surface area (Å²) in [5, 5.41) is 3.31. The van der Waals surface area contributed by atoms with Crippen LogP contribution in [0.2, 0.25) is 0 Å². The highest BCUT2D eigenvalue weighted by atomic mass is 32.2. The molecule has 0 heterocycles. The lowest BCUT2D eigenvalue weighted by atomic mass is 10.2. The average molecular weight is 205 g/mol. The van der Waals surface area contributed by atoms with Gasteiger partial charge >= 0.3 is 0 Å². The van der Waals surface area contributed by atoms with Gasteiger partial charge in [-0.3, -0.25) is 0 Å². The highest BCUT2D eigenvalue weighted by molar-refractivity contribution is 7.90. The van der Waals surface area contributed by atoms with Crippen LogP contribution in [0.15, 0.2) is 0 Å². The number of nitrogens with one attached hydrogen (secondary N) is 1. The maximum atomic E-state index is 11.1. The van der Waals surface area contributed by atoms with Crippen molar-refractivity contribution in [2.75, 3.05) is 18.6 Å². The van der Waals surface area contributed by atoms with Gasteiger partial charge in [0.25, 0.3) is 0 Å². The van der Waals surface area contributed by atoms with E-state index in [2.05, 4.69) is 12.2 Å². The summed E-state index contributed by atoms with van der Waals surface area (Å²) < 4.78 is 22.2. The molecule has 0 aliphatic heterocycles. The van der Waals surface area contributed by atoms with Gasteiger partial charge in [0.15, 0.2) is 0 Å². The maximum Gasteiger partial charge on any atom is 0.148 e. The zero-order chi connectivity index (χ0) is 9.90. The van der Waals surface area contributed by atoms with Gasteiger partial charge in [0.1, 0.15) is 9.84 Å². The third kappa shape index (κ3) is 4.62. The lowest BCUT2D eigenvalue weighted by molar-refractivity contribution is 0.490. The maximum absolute atomic E-state index is 11.1. The summed E-state index contributed by atoms with van der Waals surface area (Å²) in [4.78, 5) is 0. The van der Waals surface area contributed by atoms with Gasteiger partial charge in [-0.15, -0.1) is 0 Å². The molecule has 0 aromatic carbocycles. The van der Waals surface area contributed by atoms with Crippen LogP contribution in [0.1, 0.15) is 26.2 Å². The van der Waals surface area contributed by atoms with Crippen LogP contribution in [0.5, 0.6) is 0 Å². The first-order valence-electron chi connectivity index (χ1n) is 4.94. The van der Waals surface area contributed by atoms with E-state index in [0.29, 0.717) is 11.7 Å². The van der Waals surface area contributed by atoms with E-state index < -0.39 is 9.84 Å². The van der Waals surface area contributed by atoms with Gasteiger partial charge in [-0.05, 0) is 31.7 Å². The molecule has 1 atom stereocenters. The standard InChI is InChI=1S/C9H19NO2S/c1-3-6-10-9(8-4-5-8)7-13(2,11)12/h8-10H,3-7H2,1-2H3. The van der Waals surface area contributed by atoms with Gasteiger partial charge in [-0.2, -0.15) is 0 Å². The van der Waals surface area contributed by atoms with Crippen LogP contribution in [0.4, 0.5) is 0 Å². The van der Waals surface area contributed by atoms with Crippen molar-refractivity contribution >= 4 is 9.84 Å². The molecule has 0 amide bonds. The minimum absolute atomic E-state index is 0.204. The zero-order valence-electron chi connectivity index (χ0n) is 8.41. The first kappa shape index (κ1) is 11.0. The third-order valence-corrected chi connectivity index (χ3v) is 3.29. The van der Waals surface area contributed by atoms with E-state index in [4.69, 9.17) is 0 Å². The number of rotatable bonds is 6. The molecule has 13 heavy (non-hydrogen) atoms. The van der Waals surface area contributed by atoms with E-state index in [-0.39, 0.29) is 6.04 Å². The Labute approximate surface area is 80.8 Å². The summed E-state index contributed by atoms with van der Waals surface area (Å²) in [6, 6.07) is 0.204. The summed E-state index contributed by atoms with van der Waals surface area (Å²) in [6.07, 6.45) is 4.76. The fourth-order valence-corrected chi connectivity index (χ4v) is 2.56. The number of hydrogen-bond donors (Lipinski definition) is 1. The molecular weight excluding hydrogens is 186 g/mol. The molecule has 1 rings (SSSR count). The molecule has 0 saturated heterocycles. The molecule has 1 aliphatic rings. The lowest BCUT2D eigenvalue weighted by Crippen LogP contribution is -2.37. The molecule has 0 radical (unpaired) electrons. The van der Waals surface area contributed by atoms with Crippen molar-refractivity contribution in [2.45, 2.75) is 32.2 Å². The monoisotopic (exact) mass is 205 g/mol. The minimum atomic E-state index is -2.82. The van der Waals surface area contributed by atoms with E-state index in [1.807, 2.05) is 0 Å². The molecule has 0 aromatic heterocycles. The van der Waals surface area contributed by atoms with Crippen molar-refractivity contribution < 1.29 is 8.42 Å². The molecule has 0 bridgehead atoms. The largest absolute Gasteiger partial charge is 0.313 e. The fourth-order valence-electron chi connectivity index (χ4n) is 1.52. The van der Waals surface area contributed by atoms with Crippen molar-refractivity contribution in [2.24, 2.45) is 5.92 Å². The average Bonchev–Trinajstić information content (AvgIpc) is 2.77. The van der Waals surface area contributed by atoms with E-state index >= 15 is 0 Å². The van der Waals surface area contributed by atoms with Crippen molar-refractivity contribution in [1.82, 2.24) is 5.32 Å². The first-order chi connectivity index (χ1) is 6.03. The molecule has 3 nitrogen and oxygen atoms in total. The van der Waals surface area contributed by atoms with Crippen LogP contribution < -0.4 is 5.32 Å². The SMILES string of the molecule is CCCNC(CS(C)(=O)=O)C1CC1. The van der Waals surface area contributed by atoms with Crippen molar-refractivity contribution in [1.29, 1.82) is 0 Å². The first-order valence-corrected chi connectivity index (χ1v) is 7.00. The molecule has 78 valence electrons. The Morgan fingerprint density at radius 1 is 1.46 bits per heavy atom. The smallest absolute Gasteiger partial charge is 0.148 e. The topological polar surface area (TPSA) is 46.2 Å². The summed E-state index contributed by atoms with van der Waals surface area (Å²) in [6.45, 7) is 3.02. The van der Waals surface area contributed by atoms with E-state index in [1.165, 1.54) is 19.1 Å². The van der Waals surface area contributed by atoms with Crippen LogP contribution in [-0.4, -0.2) is 33.0 Å². The number of sulfone groups is 1. The molecule has 4 heteroatoms. The highest BCUT2D eigenvalue weighted by Crippen LogP contribution is 2.33. The predicted octanol–water partition coefficient (Wildman–Crippen LogP) is 0.809. The van der Waals surface area contributed by atoms with Crippen LogP contribution in [0.25, 0.3) is 0 Å². The van der Waals surface area contributed by atoms with E-state index in [1.54, 1.807) is 0 Å². The van der Waals surface area contributed by atoms with Gasteiger partial charge in [0.05, 0.1) is 5.75 Å². The van der Waals surface area contributed by atoms with Crippen LogP contribution >= 0.6 is 0 Å². The fraction of sp³-hybridized carbons (Fsp3) is 1.00. The molecule has 1 saturated carbocycles. The Bertz CT molecular complexity index is 244. The molecular formula is C9H19NO2S. The van der Waals surface area contributed by atoms with Crippen LogP contribution in [-0.2, 0) is 9.84 Å². The summed E-state index contributed by atoms with van der Waals surface area (Å²) in [7, 11) is -2.82. The second kappa shape index (κ2) is 4.42. The quantitative estimate of drug-likeness (QED) is 0.698. The van der Waals surface area contributed by atoms with Gasteiger partial charge < -0.3 is 5.32 Å². The molecule has 0 spiro atoms. The van der Waals surface area contributed by atoms with Gasteiger partial charge in [-0.1, -0.05) is 6.92 Å². The molecule has 0 aromatic rings. The Morgan fingerprint density at radius 2 is 2.08 bits per heavy atom. The Kier molecular flexibility index (Phi) is 3.74. The third-order valence-electron chi connectivity index (χ3n) is 2.33. The lowest BCUT2D eigenvalue weighted by Gasteiger charge is -2.16. The Balaban J connectivity index is 2.38. The second-order valence-corrected chi connectivity index (χ2v) is 6.18. The van der Waals surface area contributed by atoms with Crippen LogP contribution in [0, 0.1) is 5.92 Å². The molecule has 1 fully saturated rings. The zero-order valence-corrected chi connectivity index (χ0v) is 9.23. The second-order valence-electron chi connectivity index (χ2n) is 3.99. The molecule has 1 aliphatic carbocycles. The predicted molar refractivity (Wildman–Crippen MR) is 54.5 cm³/mol. The van der Waals surface area contributed by atoms with Gasteiger partial charge in [-0.25, -0.2) is 8.42 Å². The van der Waals surface area contributed by atoms with Gasteiger partial charge in [0, 0.05) is 12.3 Å². The molecule has 1 N–H and O–H groups in total. The van der Waals surface area contributed by atoms with Gasteiger partial charge in [0.2, 0.25) is 0 Å². The van der Waals surface area contributed by atoms with E-state index in [9.17, 15) is 8.42 Å². The Hall–Kier alpha value is -0.0900. The minimum Gasteiger partial charge on any atom is -0.313 e. The normalized spacial score (nSPS) is 20.2. The summed E-state index contributed by atoms with van der Waals surface area (Å²) >= 11 is 0.